The molecule has 1 heterocycles. The molecule has 1 aliphatic rings. The van der Waals surface area contributed by atoms with Crippen LogP contribution in [0.3, 0.4) is 0 Å². The van der Waals surface area contributed by atoms with Gasteiger partial charge in [-0.2, -0.15) is 5.26 Å². The second-order valence-corrected chi connectivity index (χ2v) is 3.47. The SMILES string of the molecule is N#CCNC(=O)CN1CCCC(O)C1. The molecule has 1 unspecified atom stereocenters. The Kier molecular flexibility index (Phi) is 4.36. The summed E-state index contributed by atoms with van der Waals surface area (Å²) in [5, 5.41) is 20.1. The highest BCUT2D eigenvalue weighted by Gasteiger charge is 2.19. The van der Waals surface area contributed by atoms with Gasteiger partial charge in [-0.25, -0.2) is 0 Å². The van der Waals surface area contributed by atoms with Crippen LogP contribution in [0.25, 0.3) is 0 Å². The van der Waals surface area contributed by atoms with Gasteiger partial charge in [-0.15, -0.1) is 0 Å². The van der Waals surface area contributed by atoms with Crippen molar-refractivity contribution in [3.63, 3.8) is 0 Å². The molecule has 14 heavy (non-hydrogen) atoms. The van der Waals surface area contributed by atoms with Gasteiger partial charge in [0.1, 0.15) is 6.54 Å². The van der Waals surface area contributed by atoms with Gasteiger partial charge in [0, 0.05) is 6.54 Å². The van der Waals surface area contributed by atoms with Crippen molar-refractivity contribution in [2.24, 2.45) is 0 Å². The van der Waals surface area contributed by atoms with E-state index in [-0.39, 0.29) is 25.1 Å². The molecule has 0 bridgehead atoms. The van der Waals surface area contributed by atoms with E-state index in [9.17, 15) is 9.90 Å². The highest BCUT2D eigenvalue weighted by Crippen LogP contribution is 2.08. The molecule has 1 amide bonds. The summed E-state index contributed by atoms with van der Waals surface area (Å²) in [6.07, 6.45) is 1.43. The first-order valence-corrected chi connectivity index (χ1v) is 4.76. The van der Waals surface area contributed by atoms with Gasteiger partial charge in [-0.3, -0.25) is 9.69 Å². The van der Waals surface area contributed by atoms with Crippen molar-refractivity contribution in [3.05, 3.63) is 0 Å². The van der Waals surface area contributed by atoms with Crippen LogP contribution < -0.4 is 5.32 Å². The van der Waals surface area contributed by atoms with E-state index in [1.54, 1.807) is 0 Å². The molecule has 1 rings (SSSR count). The zero-order chi connectivity index (χ0) is 10.4. The van der Waals surface area contributed by atoms with E-state index >= 15 is 0 Å². The van der Waals surface area contributed by atoms with Crippen LogP contribution in [0.1, 0.15) is 12.8 Å². The average Bonchev–Trinajstić information content (AvgIpc) is 2.15. The lowest BCUT2D eigenvalue weighted by Gasteiger charge is -2.29. The number of nitrogens with one attached hydrogen (secondary N) is 1. The first-order chi connectivity index (χ1) is 6.72. The van der Waals surface area contributed by atoms with Crippen molar-refractivity contribution < 1.29 is 9.90 Å². The van der Waals surface area contributed by atoms with Gasteiger partial charge in [-0.1, -0.05) is 0 Å². The Bertz CT molecular complexity index is 237. The van der Waals surface area contributed by atoms with Crippen LogP contribution in [0.5, 0.6) is 0 Å². The van der Waals surface area contributed by atoms with E-state index in [1.807, 2.05) is 11.0 Å². The number of carbonyl (C=O) groups excluding carboxylic acids is 1. The van der Waals surface area contributed by atoms with Crippen molar-refractivity contribution in [3.8, 4) is 6.07 Å². The maximum Gasteiger partial charge on any atom is 0.235 e. The smallest absolute Gasteiger partial charge is 0.235 e. The predicted molar refractivity (Wildman–Crippen MR) is 50.3 cm³/mol. The van der Waals surface area contributed by atoms with Gasteiger partial charge in [-0.05, 0) is 19.4 Å². The topological polar surface area (TPSA) is 76.4 Å². The number of aliphatic hydroxyl groups excluding tert-OH is 1. The van der Waals surface area contributed by atoms with E-state index in [0.717, 1.165) is 19.4 Å². The maximum absolute atomic E-state index is 11.2. The average molecular weight is 197 g/mol. The number of hydrogen-bond donors (Lipinski definition) is 2. The molecule has 1 atom stereocenters. The highest BCUT2D eigenvalue weighted by atomic mass is 16.3. The fourth-order valence-electron chi connectivity index (χ4n) is 1.57. The second kappa shape index (κ2) is 5.58. The lowest BCUT2D eigenvalue weighted by molar-refractivity contribution is -0.122. The van der Waals surface area contributed by atoms with Crippen molar-refractivity contribution in [1.29, 1.82) is 5.26 Å². The Hall–Kier alpha value is -1.12. The molecule has 0 saturated carbocycles. The summed E-state index contributed by atoms with van der Waals surface area (Å²) >= 11 is 0. The molecular formula is C9H15N3O2. The number of hydrogen-bond acceptors (Lipinski definition) is 4. The zero-order valence-corrected chi connectivity index (χ0v) is 8.07. The minimum absolute atomic E-state index is 0.0508. The van der Waals surface area contributed by atoms with Crippen LogP contribution in [0, 0.1) is 11.3 Å². The summed E-state index contributed by atoms with van der Waals surface area (Å²) in [4.78, 5) is 13.1. The van der Waals surface area contributed by atoms with Crippen LogP contribution in [0.15, 0.2) is 0 Å². The van der Waals surface area contributed by atoms with Crippen molar-refractivity contribution in [2.45, 2.75) is 18.9 Å². The molecule has 78 valence electrons. The number of carbonyl (C=O) groups is 1. The lowest BCUT2D eigenvalue weighted by atomic mass is 10.1. The Morgan fingerprint density at radius 3 is 3.14 bits per heavy atom. The third-order valence-electron chi connectivity index (χ3n) is 2.21. The Morgan fingerprint density at radius 1 is 1.71 bits per heavy atom. The molecule has 5 heteroatoms. The van der Waals surface area contributed by atoms with E-state index in [4.69, 9.17) is 5.26 Å². The van der Waals surface area contributed by atoms with Crippen LogP contribution in [-0.2, 0) is 4.79 Å². The van der Waals surface area contributed by atoms with Crippen LogP contribution in [0.2, 0.25) is 0 Å². The lowest BCUT2D eigenvalue weighted by Crippen LogP contribution is -2.44. The molecule has 2 N–H and O–H groups in total. The molecule has 0 aliphatic carbocycles. The Balaban J connectivity index is 2.22. The number of piperidine rings is 1. The summed E-state index contributed by atoms with van der Waals surface area (Å²) in [7, 11) is 0. The number of nitriles is 1. The van der Waals surface area contributed by atoms with Gasteiger partial charge in [0.2, 0.25) is 5.91 Å². The number of nitrogens with zero attached hydrogens (tertiary/aromatic N) is 2. The first kappa shape index (κ1) is 11.0. The van der Waals surface area contributed by atoms with Gasteiger partial charge in [0.15, 0.2) is 0 Å². The molecule has 1 fully saturated rings. The molecular weight excluding hydrogens is 182 g/mol. The number of rotatable bonds is 3. The fourth-order valence-corrected chi connectivity index (χ4v) is 1.57. The summed E-state index contributed by atoms with van der Waals surface area (Å²) < 4.78 is 0. The largest absolute Gasteiger partial charge is 0.392 e. The van der Waals surface area contributed by atoms with Gasteiger partial charge in [0.25, 0.3) is 0 Å². The van der Waals surface area contributed by atoms with E-state index in [0.29, 0.717) is 6.54 Å². The molecule has 0 spiro atoms. The maximum atomic E-state index is 11.2. The highest BCUT2D eigenvalue weighted by molar-refractivity contribution is 5.78. The van der Waals surface area contributed by atoms with E-state index in [2.05, 4.69) is 5.32 Å². The fraction of sp³-hybridized carbons (Fsp3) is 0.778. The standard InChI is InChI=1S/C9H15N3O2/c10-3-4-11-9(14)7-12-5-1-2-8(13)6-12/h8,13H,1-2,4-7H2,(H,11,14). The Morgan fingerprint density at radius 2 is 2.50 bits per heavy atom. The minimum Gasteiger partial charge on any atom is -0.392 e. The molecule has 0 aromatic heterocycles. The molecule has 0 radical (unpaired) electrons. The molecule has 5 nitrogen and oxygen atoms in total. The molecule has 0 aromatic carbocycles. The monoisotopic (exact) mass is 197 g/mol. The van der Waals surface area contributed by atoms with Gasteiger partial charge >= 0.3 is 0 Å². The van der Waals surface area contributed by atoms with Crippen molar-refractivity contribution in [2.75, 3.05) is 26.2 Å². The predicted octanol–water partition coefficient (Wildman–Crippen LogP) is -0.917. The molecule has 1 saturated heterocycles. The zero-order valence-electron chi connectivity index (χ0n) is 8.07. The quantitative estimate of drug-likeness (QED) is 0.574. The summed E-state index contributed by atoms with van der Waals surface area (Å²) in [6, 6.07) is 1.84. The second-order valence-electron chi connectivity index (χ2n) is 3.47. The van der Waals surface area contributed by atoms with Gasteiger partial charge < -0.3 is 10.4 Å². The minimum atomic E-state index is -0.312. The van der Waals surface area contributed by atoms with Crippen LogP contribution >= 0.6 is 0 Å². The van der Waals surface area contributed by atoms with Crippen molar-refractivity contribution in [1.82, 2.24) is 10.2 Å². The van der Waals surface area contributed by atoms with Crippen molar-refractivity contribution >= 4 is 5.91 Å². The summed E-state index contributed by atoms with van der Waals surface area (Å²) in [5.74, 6) is -0.152. The molecule has 0 aromatic rings. The number of aliphatic hydroxyl groups is 1. The van der Waals surface area contributed by atoms with E-state index < -0.39 is 0 Å². The Labute approximate surface area is 83.3 Å². The van der Waals surface area contributed by atoms with Crippen LogP contribution in [-0.4, -0.2) is 48.2 Å². The number of β-amino-alcohol motifs (C(OH)–C–C–N with tert-alkyl or cyclic N) is 1. The number of likely N-dealkylation sites (tertiary alicyclic amines) is 1. The molecule has 1 aliphatic heterocycles. The third-order valence-corrected chi connectivity index (χ3v) is 2.21. The van der Waals surface area contributed by atoms with Gasteiger partial charge in [0.05, 0.1) is 18.7 Å². The third kappa shape index (κ3) is 3.73. The summed E-state index contributed by atoms with van der Waals surface area (Å²) in [6.45, 7) is 1.73. The first-order valence-electron chi connectivity index (χ1n) is 4.76. The van der Waals surface area contributed by atoms with Crippen LogP contribution in [0.4, 0.5) is 0 Å². The normalized spacial score (nSPS) is 22.7. The van der Waals surface area contributed by atoms with E-state index in [1.165, 1.54) is 0 Å². The summed E-state index contributed by atoms with van der Waals surface area (Å²) in [5.41, 5.74) is 0. The number of amides is 1.